The van der Waals surface area contributed by atoms with Gasteiger partial charge in [0, 0.05) is 19.8 Å². The lowest BCUT2D eigenvalue weighted by Crippen LogP contribution is -2.32. The Hall–Kier alpha value is -1.68. The van der Waals surface area contributed by atoms with E-state index in [1.165, 1.54) is 95.5 Å². The molecule has 0 rings (SSSR count). The molecule has 0 radical (unpaired) electrons. The molecular formula is C42H75NO2. The molecule has 0 aromatic carbocycles. The largest absolute Gasteiger partial charge is 0.379 e. The maximum absolute atomic E-state index is 6.20. The highest BCUT2D eigenvalue weighted by Crippen LogP contribution is 2.09. The second kappa shape index (κ2) is 36.8. The summed E-state index contributed by atoms with van der Waals surface area (Å²) in [6.45, 7) is 10.1. The van der Waals surface area contributed by atoms with Crippen molar-refractivity contribution in [2.75, 3.05) is 40.5 Å². The first kappa shape index (κ1) is 43.3. The van der Waals surface area contributed by atoms with Crippen LogP contribution in [0.25, 0.3) is 0 Å². The number of nitrogens with zero attached hydrogens (tertiary/aromatic N) is 1. The van der Waals surface area contributed by atoms with E-state index < -0.39 is 0 Å². The second-order valence-corrected chi connectivity index (χ2v) is 12.8. The van der Waals surface area contributed by atoms with E-state index in [-0.39, 0.29) is 6.10 Å². The second-order valence-electron chi connectivity index (χ2n) is 12.8. The van der Waals surface area contributed by atoms with Gasteiger partial charge in [-0.1, -0.05) is 125 Å². The van der Waals surface area contributed by atoms with Crippen LogP contribution in [0.1, 0.15) is 149 Å². The summed E-state index contributed by atoms with van der Waals surface area (Å²) in [5.74, 6) is 0. The summed E-state index contributed by atoms with van der Waals surface area (Å²) in [5, 5.41) is 0. The zero-order valence-electron chi connectivity index (χ0n) is 30.7. The Morgan fingerprint density at radius 2 is 1.04 bits per heavy atom. The summed E-state index contributed by atoms with van der Waals surface area (Å²) >= 11 is 0. The molecule has 1 unspecified atom stereocenters. The molecule has 0 amide bonds. The van der Waals surface area contributed by atoms with Gasteiger partial charge >= 0.3 is 0 Å². The number of hydrogen-bond acceptors (Lipinski definition) is 3. The van der Waals surface area contributed by atoms with E-state index in [0.29, 0.717) is 6.61 Å². The van der Waals surface area contributed by atoms with Crippen LogP contribution < -0.4 is 0 Å². The SMILES string of the molecule is CCCCCC=CCC=CCC=CCCCCCOCC(CN(C)C)OCCCCCC=CCC=CCC(C)=CCCCCC. The maximum Gasteiger partial charge on any atom is 0.0934 e. The van der Waals surface area contributed by atoms with Crippen LogP contribution in [0.5, 0.6) is 0 Å². The van der Waals surface area contributed by atoms with Crippen LogP contribution in [0, 0.1) is 0 Å². The molecular weight excluding hydrogens is 550 g/mol. The Labute approximate surface area is 282 Å². The molecule has 0 saturated carbocycles. The first-order valence-corrected chi connectivity index (χ1v) is 18.8. The average molecular weight is 626 g/mol. The van der Waals surface area contributed by atoms with Crippen molar-refractivity contribution in [3.05, 3.63) is 72.4 Å². The van der Waals surface area contributed by atoms with Crippen LogP contribution in [0.2, 0.25) is 0 Å². The highest BCUT2D eigenvalue weighted by molar-refractivity contribution is 5.05. The van der Waals surface area contributed by atoms with Gasteiger partial charge in [0.05, 0.1) is 12.7 Å². The van der Waals surface area contributed by atoms with E-state index in [1.54, 1.807) is 0 Å². The topological polar surface area (TPSA) is 21.7 Å². The summed E-state index contributed by atoms with van der Waals surface area (Å²) in [5.41, 5.74) is 1.50. The van der Waals surface area contributed by atoms with Crippen molar-refractivity contribution in [1.82, 2.24) is 4.90 Å². The van der Waals surface area contributed by atoms with Crippen molar-refractivity contribution >= 4 is 0 Å². The first-order chi connectivity index (χ1) is 22.1. The zero-order valence-corrected chi connectivity index (χ0v) is 30.7. The molecule has 0 spiro atoms. The molecule has 0 heterocycles. The van der Waals surface area contributed by atoms with Crippen molar-refractivity contribution < 1.29 is 9.47 Å². The first-order valence-electron chi connectivity index (χ1n) is 18.8. The van der Waals surface area contributed by atoms with E-state index in [2.05, 4.69) is 107 Å². The smallest absolute Gasteiger partial charge is 0.0934 e. The van der Waals surface area contributed by atoms with Gasteiger partial charge in [-0.25, -0.2) is 0 Å². The van der Waals surface area contributed by atoms with Crippen LogP contribution in [0.15, 0.2) is 72.4 Å². The van der Waals surface area contributed by atoms with Gasteiger partial charge in [-0.2, -0.15) is 0 Å². The molecule has 0 fully saturated rings. The predicted molar refractivity (Wildman–Crippen MR) is 202 cm³/mol. The van der Waals surface area contributed by atoms with E-state index >= 15 is 0 Å². The lowest BCUT2D eigenvalue weighted by atomic mass is 10.1. The number of unbranched alkanes of at least 4 members (excludes halogenated alkanes) is 12. The highest BCUT2D eigenvalue weighted by atomic mass is 16.5. The third kappa shape index (κ3) is 36.7. The monoisotopic (exact) mass is 626 g/mol. The third-order valence-corrected chi connectivity index (χ3v) is 7.77. The molecule has 0 aromatic heterocycles. The Bertz CT molecular complexity index is 774. The summed E-state index contributed by atoms with van der Waals surface area (Å²) in [4.78, 5) is 2.20. The van der Waals surface area contributed by atoms with Crippen molar-refractivity contribution in [1.29, 1.82) is 0 Å². The van der Waals surface area contributed by atoms with Crippen molar-refractivity contribution in [2.24, 2.45) is 0 Å². The minimum Gasteiger partial charge on any atom is -0.379 e. The molecule has 1 atom stereocenters. The number of ether oxygens (including phenoxy) is 2. The molecule has 3 heteroatoms. The van der Waals surface area contributed by atoms with Crippen LogP contribution >= 0.6 is 0 Å². The molecule has 0 N–H and O–H groups in total. The van der Waals surface area contributed by atoms with Gasteiger partial charge in [-0.05, 0) is 111 Å². The molecule has 0 saturated heterocycles. The Kier molecular flexibility index (Phi) is 35.4. The standard InChI is InChI=1S/C42H75NO2/c1-6-8-10-12-13-14-15-16-17-18-19-20-23-26-29-33-37-44-40-42(39-43(4)5)45-38-34-30-27-24-21-22-25-28-32-36-41(3)35-31-11-9-7-2/h13-14,16-17,19-22,28,32,35,42H,6-12,15,18,23-27,29-31,33-34,36-40H2,1-5H3. The van der Waals surface area contributed by atoms with Crippen LogP contribution in [-0.2, 0) is 9.47 Å². The summed E-state index contributed by atoms with van der Waals surface area (Å²) in [7, 11) is 4.22. The molecule has 0 aromatic rings. The van der Waals surface area contributed by atoms with Crippen molar-refractivity contribution in [3.8, 4) is 0 Å². The van der Waals surface area contributed by atoms with E-state index in [4.69, 9.17) is 9.47 Å². The lowest BCUT2D eigenvalue weighted by molar-refractivity contribution is -0.0287. The molecule has 260 valence electrons. The van der Waals surface area contributed by atoms with Gasteiger partial charge in [0.1, 0.15) is 0 Å². The van der Waals surface area contributed by atoms with Gasteiger partial charge in [-0.15, -0.1) is 0 Å². The number of rotatable bonds is 33. The predicted octanol–water partition coefficient (Wildman–Crippen LogP) is 12.5. The quantitative estimate of drug-likeness (QED) is 0.0535. The van der Waals surface area contributed by atoms with E-state index in [9.17, 15) is 0 Å². The van der Waals surface area contributed by atoms with Crippen molar-refractivity contribution in [3.63, 3.8) is 0 Å². The van der Waals surface area contributed by atoms with E-state index in [0.717, 1.165) is 58.3 Å². The number of allylic oxidation sites excluding steroid dienone is 12. The van der Waals surface area contributed by atoms with Crippen LogP contribution in [-0.4, -0.2) is 51.5 Å². The molecule has 0 aliphatic carbocycles. The lowest BCUT2D eigenvalue weighted by Gasteiger charge is -2.21. The minimum atomic E-state index is 0.161. The van der Waals surface area contributed by atoms with Crippen LogP contribution in [0.3, 0.4) is 0 Å². The van der Waals surface area contributed by atoms with Gasteiger partial charge in [-0.3, -0.25) is 0 Å². The maximum atomic E-state index is 6.20. The van der Waals surface area contributed by atoms with Gasteiger partial charge in [0.2, 0.25) is 0 Å². The fourth-order valence-electron chi connectivity index (χ4n) is 4.98. The molecule has 0 aliphatic heterocycles. The molecule has 0 aliphatic rings. The summed E-state index contributed by atoms with van der Waals surface area (Å²) < 4.78 is 12.2. The van der Waals surface area contributed by atoms with Gasteiger partial charge in [0.15, 0.2) is 0 Å². The zero-order chi connectivity index (χ0) is 32.9. The van der Waals surface area contributed by atoms with E-state index in [1.807, 2.05) is 0 Å². The fourth-order valence-corrected chi connectivity index (χ4v) is 4.98. The Morgan fingerprint density at radius 3 is 1.60 bits per heavy atom. The Balaban J connectivity index is 3.75. The van der Waals surface area contributed by atoms with Gasteiger partial charge in [0.25, 0.3) is 0 Å². The Morgan fingerprint density at radius 1 is 0.556 bits per heavy atom. The van der Waals surface area contributed by atoms with Crippen LogP contribution in [0.4, 0.5) is 0 Å². The number of hydrogen-bond donors (Lipinski definition) is 0. The highest BCUT2D eigenvalue weighted by Gasteiger charge is 2.10. The average Bonchev–Trinajstić information content (AvgIpc) is 3.02. The molecule has 0 bridgehead atoms. The summed E-state index contributed by atoms with van der Waals surface area (Å²) in [6, 6.07) is 0. The fraction of sp³-hybridized carbons (Fsp3) is 0.714. The third-order valence-electron chi connectivity index (χ3n) is 7.77. The minimum absolute atomic E-state index is 0.161. The molecule has 45 heavy (non-hydrogen) atoms. The van der Waals surface area contributed by atoms with Gasteiger partial charge < -0.3 is 14.4 Å². The molecule has 3 nitrogen and oxygen atoms in total. The summed E-state index contributed by atoms with van der Waals surface area (Å²) in [6.07, 6.45) is 49.8. The normalized spacial score (nSPS) is 13.8. The number of likely N-dealkylation sites (N-methyl/N-ethyl adjacent to an activating group) is 1. The van der Waals surface area contributed by atoms with Crippen molar-refractivity contribution in [2.45, 2.75) is 155 Å².